The van der Waals surface area contributed by atoms with Crippen LogP contribution in [-0.4, -0.2) is 18.4 Å². The monoisotopic (exact) mass is 388 g/mol. The Labute approximate surface area is 170 Å². The quantitative estimate of drug-likeness (QED) is 0.636. The van der Waals surface area contributed by atoms with Crippen LogP contribution >= 0.6 is 0 Å². The molecule has 3 aromatic carbocycles. The minimum Gasteiger partial charge on any atom is -0.483 e. The summed E-state index contributed by atoms with van der Waals surface area (Å²) in [7, 11) is 0. The van der Waals surface area contributed by atoms with E-state index in [9.17, 15) is 9.59 Å². The van der Waals surface area contributed by atoms with Crippen LogP contribution in [0.3, 0.4) is 0 Å². The van der Waals surface area contributed by atoms with Gasteiger partial charge in [-0.1, -0.05) is 54.6 Å². The summed E-state index contributed by atoms with van der Waals surface area (Å²) in [6, 6.07) is 22.3. The van der Waals surface area contributed by atoms with E-state index in [1.807, 2.05) is 62.4 Å². The van der Waals surface area contributed by atoms with Gasteiger partial charge in [0.2, 0.25) is 0 Å². The number of nitrogens with one attached hydrogen (secondary N) is 2. The summed E-state index contributed by atoms with van der Waals surface area (Å²) in [4.78, 5) is 25.0. The lowest BCUT2D eigenvalue weighted by Crippen LogP contribution is -2.26. The van der Waals surface area contributed by atoms with Crippen molar-refractivity contribution in [3.63, 3.8) is 0 Å². The summed E-state index contributed by atoms with van der Waals surface area (Å²) in [5.41, 5.74) is 3.96. The number of hydrogen-bond donors (Lipinski definition) is 2. The predicted octanol–water partition coefficient (Wildman–Crippen LogP) is 4.25. The third kappa shape index (κ3) is 5.45. The Morgan fingerprint density at radius 3 is 2.38 bits per heavy atom. The molecular formula is C24H24N2O3. The minimum absolute atomic E-state index is 0.135. The molecule has 2 N–H and O–H groups in total. The summed E-state index contributed by atoms with van der Waals surface area (Å²) < 4.78 is 5.64. The Hall–Kier alpha value is -3.60. The van der Waals surface area contributed by atoms with Gasteiger partial charge in [-0.15, -0.1) is 0 Å². The minimum atomic E-state index is -0.325. The second-order valence-corrected chi connectivity index (χ2v) is 6.75. The average Bonchev–Trinajstić information content (AvgIpc) is 2.74. The van der Waals surface area contributed by atoms with E-state index in [1.54, 1.807) is 24.3 Å². The first kappa shape index (κ1) is 20.1. The van der Waals surface area contributed by atoms with Gasteiger partial charge in [0.15, 0.2) is 6.61 Å². The van der Waals surface area contributed by atoms with Gasteiger partial charge in [-0.2, -0.15) is 0 Å². The van der Waals surface area contributed by atoms with E-state index in [0.717, 1.165) is 16.7 Å². The fourth-order valence-corrected chi connectivity index (χ4v) is 2.87. The van der Waals surface area contributed by atoms with Gasteiger partial charge in [0.1, 0.15) is 5.75 Å². The lowest BCUT2D eigenvalue weighted by molar-refractivity contribution is -0.118. The number of carbonyl (C=O) groups excluding carboxylic acids is 2. The molecule has 0 fully saturated rings. The predicted molar refractivity (Wildman–Crippen MR) is 114 cm³/mol. The Balaban J connectivity index is 1.61. The van der Waals surface area contributed by atoms with Crippen LogP contribution in [0.4, 0.5) is 5.69 Å². The summed E-state index contributed by atoms with van der Waals surface area (Å²) in [6.07, 6.45) is 0. The Bertz CT molecular complexity index is 1000. The highest BCUT2D eigenvalue weighted by Gasteiger charge is 2.13. The SMILES string of the molecule is Cc1cccc(OCC(=O)Nc2ccccc2C(=O)NCc2ccccc2)c1C. The van der Waals surface area contributed by atoms with Gasteiger partial charge in [0.05, 0.1) is 11.3 Å². The number of carbonyl (C=O) groups is 2. The summed E-state index contributed by atoms with van der Waals surface area (Å²) in [5.74, 6) is 0.100. The standard InChI is InChI=1S/C24H24N2O3/c1-17-9-8-14-22(18(17)2)29-16-23(27)26-21-13-7-6-12-20(21)24(28)25-15-19-10-4-3-5-11-19/h3-14H,15-16H2,1-2H3,(H,25,28)(H,26,27). The molecular weight excluding hydrogens is 364 g/mol. The van der Waals surface area contributed by atoms with E-state index in [0.29, 0.717) is 23.5 Å². The lowest BCUT2D eigenvalue weighted by atomic mass is 10.1. The van der Waals surface area contributed by atoms with Crippen LogP contribution < -0.4 is 15.4 Å². The molecule has 0 radical (unpaired) electrons. The maximum absolute atomic E-state index is 12.6. The van der Waals surface area contributed by atoms with Crippen molar-refractivity contribution in [1.82, 2.24) is 5.32 Å². The van der Waals surface area contributed by atoms with Gasteiger partial charge in [0, 0.05) is 6.54 Å². The molecule has 3 aromatic rings. The molecule has 2 amide bonds. The molecule has 0 aliphatic carbocycles. The highest BCUT2D eigenvalue weighted by Crippen LogP contribution is 2.21. The number of rotatable bonds is 7. The molecule has 0 heterocycles. The molecule has 0 saturated heterocycles. The van der Waals surface area contributed by atoms with Gasteiger partial charge in [-0.05, 0) is 48.7 Å². The molecule has 148 valence electrons. The van der Waals surface area contributed by atoms with Crippen molar-refractivity contribution in [2.24, 2.45) is 0 Å². The number of hydrogen-bond acceptors (Lipinski definition) is 3. The molecule has 0 unspecified atom stereocenters. The third-order valence-electron chi connectivity index (χ3n) is 4.66. The largest absolute Gasteiger partial charge is 0.483 e. The number of anilines is 1. The Morgan fingerprint density at radius 1 is 0.862 bits per heavy atom. The van der Waals surface area contributed by atoms with Gasteiger partial charge in [-0.3, -0.25) is 9.59 Å². The average molecular weight is 388 g/mol. The first-order valence-electron chi connectivity index (χ1n) is 9.44. The van der Waals surface area contributed by atoms with Crippen molar-refractivity contribution in [1.29, 1.82) is 0 Å². The van der Waals surface area contributed by atoms with Gasteiger partial charge < -0.3 is 15.4 Å². The van der Waals surface area contributed by atoms with Crippen LogP contribution in [0.5, 0.6) is 5.75 Å². The summed E-state index contributed by atoms with van der Waals surface area (Å²) >= 11 is 0. The molecule has 0 bridgehead atoms. The fourth-order valence-electron chi connectivity index (χ4n) is 2.87. The van der Waals surface area contributed by atoms with Crippen molar-refractivity contribution in [2.75, 3.05) is 11.9 Å². The molecule has 0 spiro atoms. The number of aryl methyl sites for hydroxylation is 1. The zero-order valence-electron chi connectivity index (χ0n) is 16.6. The maximum Gasteiger partial charge on any atom is 0.262 e. The Morgan fingerprint density at radius 2 is 1.59 bits per heavy atom. The van der Waals surface area contributed by atoms with Crippen molar-refractivity contribution in [2.45, 2.75) is 20.4 Å². The van der Waals surface area contributed by atoms with E-state index in [4.69, 9.17) is 4.74 Å². The molecule has 5 nitrogen and oxygen atoms in total. The zero-order chi connectivity index (χ0) is 20.6. The topological polar surface area (TPSA) is 67.4 Å². The van der Waals surface area contributed by atoms with Crippen molar-refractivity contribution in [3.05, 3.63) is 95.1 Å². The molecule has 5 heteroatoms. The van der Waals surface area contributed by atoms with Crippen molar-refractivity contribution < 1.29 is 14.3 Å². The van der Waals surface area contributed by atoms with Crippen LogP contribution in [0, 0.1) is 13.8 Å². The number of para-hydroxylation sites is 1. The molecule has 0 aliphatic heterocycles. The van der Waals surface area contributed by atoms with Crippen LogP contribution in [0.2, 0.25) is 0 Å². The van der Waals surface area contributed by atoms with E-state index in [1.165, 1.54) is 0 Å². The van der Waals surface area contributed by atoms with Crippen LogP contribution in [0.1, 0.15) is 27.0 Å². The number of ether oxygens (including phenoxy) is 1. The van der Waals surface area contributed by atoms with E-state index < -0.39 is 0 Å². The highest BCUT2D eigenvalue weighted by atomic mass is 16.5. The first-order valence-corrected chi connectivity index (χ1v) is 9.44. The van der Waals surface area contributed by atoms with Gasteiger partial charge >= 0.3 is 0 Å². The molecule has 0 saturated carbocycles. The normalized spacial score (nSPS) is 10.3. The van der Waals surface area contributed by atoms with Gasteiger partial charge in [-0.25, -0.2) is 0 Å². The number of amides is 2. The Kier molecular flexibility index (Phi) is 6.63. The second-order valence-electron chi connectivity index (χ2n) is 6.75. The van der Waals surface area contributed by atoms with Crippen LogP contribution in [-0.2, 0) is 11.3 Å². The third-order valence-corrected chi connectivity index (χ3v) is 4.66. The first-order chi connectivity index (χ1) is 14.0. The molecule has 3 rings (SSSR count). The zero-order valence-corrected chi connectivity index (χ0v) is 16.6. The maximum atomic E-state index is 12.6. The van der Waals surface area contributed by atoms with Crippen molar-refractivity contribution >= 4 is 17.5 Å². The molecule has 0 aliphatic rings. The van der Waals surface area contributed by atoms with Crippen molar-refractivity contribution in [3.8, 4) is 5.75 Å². The van der Waals surface area contributed by atoms with Crippen LogP contribution in [0.15, 0.2) is 72.8 Å². The molecule has 0 atom stereocenters. The summed E-state index contributed by atoms with van der Waals surface area (Å²) in [5, 5.41) is 5.65. The smallest absolute Gasteiger partial charge is 0.262 e. The fraction of sp³-hybridized carbons (Fsp3) is 0.167. The van der Waals surface area contributed by atoms with Gasteiger partial charge in [0.25, 0.3) is 11.8 Å². The highest BCUT2D eigenvalue weighted by molar-refractivity contribution is 6.04. The second kappa shape index (κ2) is 9.55. The molecule has 0 aromatic heterocycles. The number of benzene rings is 3. The lowest BCUT2D eigenvalue weighted by Gasteiger charge is -2.13. The summed E-state index contributed by atoms with van der Waals surface area (Å²) in [6.45, 7) is 4.23. The van der Waals surface area contributed by atoms with E-state index in [2.05, 4.69) is 10.6 Å². The van der Waals surface area contributed by atoms with E-state index in [-0.39, 0.29) is 18.4 Å². The molecule has 29 heavy (non-hydrogen) atoms. The van der Waals surface area contributed by atoms with E-state index >= 15 is 0 Å². The van der Waals surface area contributed by atoms with Crippen LogP contribution in [0.25, 0.3) is 0 Å².